The van der Waals surface area contributed by atoms with Crippen LogP contribution in [0.5, 0.6) is 11.5 Å². The van der Waals surface area contributed by atoms with E-state index in [9.17, 15) is 9.90 Å². The molecule has 0 radical (unpaired) electrons. The van der Waals surface area contributed by atoms with E-state index in [0.717, 1.165) is 11.1 Å². The summed E-state index contributed by atoms with van der Waals surface area (Å²) in [6, 6.07) is 10.2. The molecule has 0 fully saturated rings. The SMILES string of the molecule is COc1ccc(C)cc1C(=O)/C=C/c1ccc(O)c(Cl)c1. The van der Waals surface area contributed by atoms with E-state index in [2.05, 4.69) is 0 Å². The molecule has 0 unspecified atom stereocenters. The van der Waals surface area contributed by atoms with Crippen LogP contribution in [0.2, 0.25) is 5.02 Å². The summed E-state index contributed by atoms with van der Waals surface area (Å²) in [5.74, 6) is 0.402. The van der Waals surface area contributed by atoms with Crippen LogP contribution in [0.15, 0.2) is 42.5 Å². The zero-order valence-electron chi connectivity index (χ0n) is 11.8. The Morgan fingerprint density at radius 2 is 2.00 bits per heavy atom. The van der Waals surface area contributed by atoms with Crippen molar-refractivity contribution >= 4 is 23.5 Å². The standard InChI is InChI=1S/C17H15ClO3/c1-11-3-8-17(21-2)13(9-11)15(19)6-4-12-5-7-16(20)14(18)10-12/h3-10,20H,1-2H3/b6-4+. The van der Waals surface area contributed by atoms with Crippen molar-refractivity contribution in [3.63, 3.8) is 0 Å². The summed E-state index contributed by atoms with van der Waals surface area (Å²) in [4.78, 5) is 12.3. The van der Waals surface area contributed by atoms with E-state index in [0.29, 0.717) is 11.3 Å². The molecule has 21 heavy (non-hydrogen) atoms. The molecule has 2 aromatic rings. The molecule has 1 N–H and O–H groups in total. The average molecular weight is 303 g/mol. The predicted molar refractivity (Wildman–Crippen MR) is 84.2 cm³/mol. The lowest BCUT2D eigenvalue weighted by Gasteiger charge is -2.06. The van der Waals surface area contributed by atoms with Gasteiger partial charge in [0.15, 0.2) is 5.78 Å². The third-order valence-corrected chi connectivity index (χ3v) is 3.32. The molecule has 0 saturated heterocycles. The van der Waals surface area contributed by atoms with Crippen molar-refractivity contribution in [1.82, 2.24) is 0 Å². The average Bonchev–Trinajstić information content (AvgIpc) is 2.48. The predicted octanol–water partition coefficient (Wildman–Crippen LogP) is 4.26. The van der Waals surface area contributed by atoms with Crippen LogP contribution in [0.3, 0.4) is 0 Å². The van der Waals surface area contributed by atoms with Gasteiger partial charge in [-0.3, -0.25) is 4.79 Å². The maximum Gasteiger partial charge on any atom is 0.189 e. The lowest BCUT2D eigenvalue weighted by Crippen LogP contribution is -1.99. The number of hydrogen-bond donors (Lipinski definition) is 1. The van der Waals surface area contributed by atoms with Crippen molar-refractivity contribution in [2.24, 2.45) is 0 Å². The van der Waals surface area contributed by atoms with Crippen molar-refractivity contribution < 1.29 is 14.6 Å². The van der Waals surface area contributed by atoms with E-state index < -0.39 is 0 Å². The van der Waals surface area contributed by atoms with E-state index >= 15 is 0 Å². The van der Waals surface area contributed by atoms with Gasteiger partial charge in [-0.1, -0.05) is 35.4 Å². The van der Waals surface area contributed by atoms with Crippen LogP contribution in [-0.2, 0) is 0 Å². The Morgan fingerprint density at radius 3 is 2.67 bits per heavy atom. The highest BCUT2D eigenvalue weighted by atomic mass is 35.5. The second kappa shape index (κ2) is 6.46. The molecule has 3 nitrogen and oxygen atoms in total. The number of aromatic hydroxyl groups is 1. The molecule has 0 heterocycles. The van der Waals surface area contributed by atoms with Crippen molar-refractivity contribution in [2.75, 3.05) is 7.11 Å². The van der Waals surface area contributed by atoms with Crippen molar-refractivity contribution in [3.05, 3.63) is 64.2 Å². The first-order valence-electron chi connectivity index (χ1n) is 6.37. The molecular formula is C17H15ClO3. The minimum absolute atomic E-state index is 0.0143. The molecule has 0 atom stereocenters. The number of carbonyl (C=O) groups is 1. The Balaban J connectivity index is 2.26. The molecule has 0 saturated carbocycles. The number of hydrogen-bond acceptors (Lipinski definition) is 3. The van der Waals surface area contributed by atoms with Crippen LogP contribution in [0, 0.1) is 6.92 Å². The van der Waals surface area contributed by atoms with E-state index in [-0.39, 0.29) is 16.6 Å². The minimum Gasteiger partial charge on any atom is -0.506 e. The van der Waals surface area contributed by atoms with Gasteiger partial charge in [0.25, 0.3) is 0 Å². The number of benzene rings is 2. The van der Waals surface area contributed by atoms with Crippen molar-refractivity contribution in [3.8, 4) is 11.5 Å². The van der Waals surface area contributed by atoms with Crippen molar-refractivity contribution in [1.29, 1.82) is 0 Å². The van der Waals surface area contributed by atoms with Crippen LogP contribution in [0.4, 0.5) is 0 Å². The molecule has 2 aromatic carbocycles. The van der Waals surface area contributed by atoms with E-state index in [1.807, 2.05) is 13.0 Å². The smallest absolute Gasteiger partial charge is 0.189 e. The topological polar surface area (TPSA) is 46.5 Å². The summed E-state index contributed by atoms with van der Waals surface area (Å²) in [5.41, 5.74) is 2.23. The van der Waals surface area contributed by atoms with Gasteiger partial charge in [0.2, 0.25) is 0 Å². The van der Waals surface area contributed by atoms with Crippen LogP contribution < -0.4 is 4.74 Å². The monoisotopic (exact) mass is 302 g/mol. The number of methoxy groups -OCH3 is 1. The highest BCUT2D eigenvalue weighted by molar-refractivity contribution is 6.32. The van der Waals surface area contributed by atoms with Gasteiger partial charge in [0.05, 0.1) is 17.7 Å². The Hall–Kier alpha value is -2.26. The largest absolute Gasteiger partial charge is 0.506 e. The Labute approximate surface area is 128 Å². The number of ether oxygens (including phenoxy) is 1. The summed E-state index contributed by atoms with van der Waals surface area (Å²) < 4.78 is 5.20. The molecule has 0 amide bonds. The maximum absolute atomic E-state index is 12.3. The molecule has 0 bridgehead atoms. The molecule has 0 aromatic heterocycles. The van der Waals surface area contributed by atoms with E-state index in [1.165, 1.54) is 19.3 Å². The van der Waals surface area contributed by atoms with Crippen LogP contribution in [-0.4, -0.2) is 18.0 Å². The summed E-state index contributed by atoms with van der Waals surface area (Å²) in [6.45, 7) is 1.92. The van der Waals surface area contributed by atoms with E-state index in [1.54, 1.807) is 30.3 Å². The molecule has 0 aliphatic heterocycles. The third kappa shape index (κ3) is 3.64. The van der Waals surface area contributed by atoms with Gasteiger partial charge in [-0.25, -0.2) is 0 Å². The molecule has 108 valence electrons. The number of phenolic OH excluding ortho intramolecular Hbond substituents is 1. The van der Waals surface area contributed by atoms with E-state index in [4.69, 9.17) is 16.3 Å². The normalized spacial score (nSPS) is 10.8. The highest BCUT2D eigenvalue weighted by Gasteiger charge is 2.09. The molecule has 2 rings (SSSR count). The number of halogens is 1. The zero-order valence-corrected chi connectivity index (χ0v) is 12.5. The molecule has 0 spiro atoms. The van der Waals surface area contributed by atoms with Gasteiger partial charge in [0, 0.05) is 0 Å². The lowest BCUT2D eigenvalue weighted by atomic mass is 10.1. The molecule has 4 heteroatoms. The van der Waals surface area contributed by atoms with Gasteiger partial charge in [-0.15, -0.1) is 0 Å². The summed E-state index contributed by atoms with van der Waals surface area (Å²) in [5, 5.41) is 9.61. The fourth-order valence-electron chi connectivity index (χ4n) is 1.90. The van der Waals surface area contributed by atoms with Gasteiger partial charge in [0.1, 0.15) is 11.5 Å². The first kappa shape index (κ1) is 15.1. The van der Waals surface area contributed by atoms with Gasteiger partial charge in [-0.05, 0) is 42.8 Å². The summed E-state index contributed by atoms with van der Waals surface area (Å²) in [6.07, 6.45) is 3.11. The van der Waals surface area contributed by atoms with Crippen LogP contribution in [0.25, 0.3) is 6.08 Å². The van der Waals surface area contributed by atoms with Gasteiger partial charge < -0.3 is 9.84 Å². The second-order valence-electron chi connectivity index (χ2n) is 4.61. The second-order valence-corrected chi connectivity index (χ2v) is 5.02. The fourth-order valence-corrected chi connectivity index (χ4v) is 2.09. The molecule has 0 aliphatic rings. The number of rotatable bonds is 4. The van der Waals surface area contributed by atoms with Crippen LogP contribution in [0.1, 0.15) is 21.5 Å². The number of carbonyl (C=O) groups excluding carboxylic acids is 1. The quantitative estimate of drug-likeness (QED) is 0.678. The minimum atomic E-state index is -0.153. The molecular weight excluding hydrogens is 288 g/mol. The Morgan fingerprint density at radius 1 is 1.24 bits per heavy atom. The maximum atomic E-state index is 12.3. The van der Waals surface area contributed by atoms with Gasteiger partial charge in [-0.2, -0.15) is 0 Å². The number of ketones is 1. The van der Waals surface area contributed by atoms with Crippen molar-refractivity contribution in [2.45, 2.75) is 6.92 Å². The van der Waals surface area contributed by atoms with Crippen LogP contribution >= 0.6 is 11.6 Å². The number of aryl methyl sites for hydroxylation is 1. The summed E-state index contributed by atoms with van der Waals surface area (Å²) in [7, 11) is 1.53. The Bertz CT molecular complexity index is 705. The fraction of sp³-hybridized carbons (Fsp3) is 0.118. The zero-order chi connectivity index (χ0) is 15.4. The summed E-state index contributed by atoms with van der Waals surface area (Å²) >= 11 is 5.83. The molecule has 0 aliphatic carbocycles. The Kier molecular flexibility index (Phi) is 4.66. The first-order chi connectivity index (χ1) is 10.0. The third-order valence-electron chi connectivity index (χ3n) is 3.02. The highest BCUT2D eigenvalue weighted by Crippen LogP contribution is 2.25. The lowest BCUT2D eigenvalue weighted by molar-refractivity contribution is 0.104. The first-order valence-corrected chi connectivity index (χ1v) is 6.74. The van der Waals surface area contributed by atoms with Gasteiger partial charge >= 0.3 is 0 Å². The number of allylic oxidation sites excluding steroid dienone is 1. The number of phenols is 1.